The van der Waals surface area contributed by atoms with Crippen molar-refractivity contribution < 1.29 is 0 Å². The highest BCUT2D eigenvalue weighted by atomic mass is 14.0. The maximum absolute atomic E-state index is 3.73. The molecular formula is C24H40. The Kier molecular flexibility index (Phi) is 17.1. The molecule has 0 spiro atoms. The molecule has 0 bridgehead atoms. The van der Waals surface area contributed by atoms with Crippen LogP contribution in [0.2, 0.25) is 0 Å². The highest BCUT2D eigenvalue weighted by molar-refractivity contribution is 5.21. The van der Waals surface area contributed by atoms with Crippen molar-refractivity contribution in [2.45, 2.75) is 98.3 Å². The minimum Gasteiger partial charge on any atom is -0.118 e. The van der Waals surface area contributed by atoms with Gasteiger partial charge in [0.15, 0.2) is 0 Å². The molecule has 0 aliphatic rings. The van der Waals surface area contributed by atoms with Gasteiger partial charge in [0.05, 0.1) is 0 Å². The van der Waals surface area contributed by atoms with E-state index in [9.17, 15) is 0 Å². The van der Waals surface area contributed by atoms with E-state index < -0.39 is 0 Å². The molecule has 0 aromatic heterocycles. The van der Waals surface area contributed by atoms with E-state index in [1.54, 1.807) is 0 Å². The smallest absolute Gasteiger partial charge is 0.00624 e. The normalized spacial score (nSPS) is 11.7. The summed E-state index contributed by atoms with van der Waals surface area (Å²) in [6.07, 6.45) is 27.0. The summed E-state index contributed by atoms with van der Waals surface area (Å²) in [7, 11) is 0. The molecule has 0 aromatic rings. The third kappa shape index (κ3) is 14.3. The monoisotopic (exact) mass is 328 g/mol. The third-order valence-electron chi connectivity index (χ3n) is 4.06. The average Bonchev–Trinajstić information content (AvgIpc) is 2.57. The third-order valence-corrected chi connectivity index (χ3v) is 4.06. The summed E-state index contributed by atoms with van der Waals surface area (Å²) in [5.74, 6) is 0. The molecule has 0 amide bonds. The fourth-order valence-electron chi connectivity index (χ4n) is 2.71. The summed E-state index contributed by atoms with van der Waals surface area (Å²) in [6.45, 7) is 8.70. The molecule has 136 valence electrons. The van der Waals surface area contributed by atoms with E-state index in [4.69, 9.17) is 0 Å². The molecule has 0 radical (unpaired) electrons. The maximum Gasteiger partial charge on any atom is -0.00624 e. The van der Waals surface area contributed by atoms with Gasteiger partial charge in [-0.05, 0) is 69.9 Å². The summed E-state index contributed by atoms with van der Waals surface area (Å²) in [5.41, 5.74) is 6.58. The van der Waals surface area contributed by atoms with Crippen molar-refractivity contribution in [2.75, 3.05) is 0 Å². The highest BCUT2D eigenvalue weighted by Gasteiger charge is 1.98. The summed E-state index contributed by atoms with van der Waals surface area (Å²) < 4.78 is 0. The number of unbranched alkanes of at least 4 members (excludes halogenated alkanes) is 5. The molecule has 0 atom stereocenters. The van der Waals surface area contributed by atoms with E-state index in [0.29, 0.717) is 0 Å². The second kappa shape index (κ2) is 18.1. The Bertz CT molecular complexity index is 425. The molecule has 0 aromatic carbocycles. The zero-order valence-corrected chi connectivity index (χ0v) is 16.7. The van der Waals surface area contributed by atoms with Crippen LogP contribution >= 0.6 is 0 Å². The summed E-state index contributed by atoms with van der Waals surface area (Å²) in [5, 5.41) is 0. The zero-order valence-electron chi connectivity index (χ0n) is 16.7. The molecular weight excluding hydrogens is 288 g/mol. The van der Waals surface area contributed by atoms with Gasteiger partial charge in [-0.1, -0.05) is 76.0 Å². The lowest BCUT2D eigenvalue weighted by molar-refractivity contribution is 0.679. The number of allylic oxidation sites excluding steroid dienone is 7. The predicted molar refractivity (Wildman–Crippen MR) is 111 cm³/mol. The Morgan fingerprint density at radius 1 is 0.750 bits per heavy atom. The second-order valence-electron chi connectivity index (χ2n) is 6.49. The zero-order chi connectivity index (χ0) is 17.9. The lowest BCUT2D eigenvalue weighted by atomic mass is 10.0. The van der Waals surface area contributed by atoms with Crippen molar-refractivity contribution >= 4 is 0 Å². The van der Waals surface area contributed by atoms with Gasteiger partial charge in [-0.25, -0.2) is 0 Å². The molecule has 0 nitrogen and oxygen atoms in total. The van der Waals surface area contributed by atoms with Crippen LogP contribution in [-0.4, -0.2) is 0 Å². The van der Waals surface area contributed by atoms with Crippen LogP contribution in [0, 0.1) is 0 Å². The molecule has 0 heteroatoms. The summed E-state index contributed by atoms with van der Waals surface area (Å²) in [6, 6.07) is 0. The van der Waals surface area contributed by atoms with Crippen LogP contribution in [0.25, 0.3) is 0 Å². The molecule has 24 heavy (non-hydrogen) atoms. The maximum atomic E-state index is 3.73. The van der Waals surface area contributed by atoms with Crippen LogP contribution in [0.4, 0.5) is 0 Å². The molecule has 0 fully saturated rings. The van der Waals surface area contributed by atoms with Gasteiger partial charge in [0.25, 0.3) is 0 Å². The first-order valence-electron chi connectivity index (χ1n) is 10.1. The SMILES string of the molecule is CC=CCCCCCC(=C=C(C=CC)CCC)CC=CCCCC. The number of hydrogen-bond donors (Lipinski definition) is 0. The van der Waals surface area contributed by atoms with Crippen LogP contribution in [0.3, 0.4) is 0 Å². The summed E-state index contributed by atoms with van der Waals surface area (Å²) >= 11 is 0. The van der Waals surface area contributed by atoms with Gasteiger partial charge in [-0.15, -0.1) is 5.73 Å². The van der Waals surface area contributed by atoms with Gasteiger partial charge in [0.1, 0.15) is 0 Å². The van der Waals surface area contributed by atoms with Crippen molar-refractivity contribution in [2.24, 2.45) is 0 Å². The van der Waals surface area contributed by atoms with Gasteiger partial charge in [0, 0.05) is 0 Å². The Morgan fingerprint density at radius 3 is 2.21 bits per heavy atom. The van der Waals surface area contributed by atoms with Gasteiger partial charge >= 0.3 is 0 Å². The van der Waals surface area contributed by atoms with Crippen LogP contribution in [0.15, 0.2) is 53.3 Å². The van der Waals surface area contributed by atoms with Crippen LogP contribution in [0.1, 0.15) is 98.3 Å². The second-order valence-corrected chi connectivity index (χ2v) is 6.49. The molecule has 0 aliphatic carbocycles. The topological polar surface area (TPSA) is 0 Å². The van der Waals surface area contributed by atoms with Gasteiger partial charge in [0.2, 0.25) is 0 Å². The Morgan fingerprint density at radius 2 is 1.54 bits per heavy atom. The van der Waals surface area contributed by atoms with E-state index in [0.717, 1.165) is 12.8 Å². The van der Waals surface area contributed by atoms with Crippen molar-refractivity contribution in [1.82, 2.24) is 0 Å². The first-order chi connectivity index (χ1) is 11.8. The van der Waals surface area contributed by atoms with Crippen LogP contribution < -0.4 is 0 Å². The number of rotatable bonds is 14. The number of hydrogen-bond acceptors (Lipinski definition) is 0. The lowest BCUT2D eigenvalue weighted by Gasteiger charge is -2.04. The molecule has 0 saturated heterocycles. The average molecular weight is 329 g/mol. The van der Waals surface area contributed by atoms with Gasteiger partial charge in [-0.3, -0.25) is 0 Å². The van der Waals surface area contributed by atoms with E-state index in [1.165, 1.54) is 68.9 Å². The standard InChI is InChI=1S/C24H40/c1-5-9-11-13-15-17-21-24(20-16-14-12-10-6-2)22-23(18-7-3)19-8-4/h5,7,9,14,16,18H,6,8,10-13,15,17,19-21H2,1-4H3. The van der Waals surface area contributed by atoms with Crippen LogP contribution in [-0.2, 0) is 0 Å². The molecule has 0 rings (SSSR count). The van der Waals surface area contributed by atoms with E-state index in [2.05, 4.69) is 69.9 Å². The largest absolute Gasteiger partial charge is 0.118 e. The minimum absolute atomic E-state index is 1.07. The molecule has 0 saturated carbocycles. The molecule has 0 N–H and O–H groups in total. The fraction of sp³-hybridized carbons (Fsp3) is 0.625. The summed E-state index contributed by atoms with van der Waals surface area (Å²) in [4.78, 5) is 0. The van der Waals surface area contributed by atoms with Crippen molar-refractivity contribution in [3.05, 3.63) is 53.3 Å². The predicted octanol–water partition coefficient (Wildman–Crippen LogP) is 8.48. The minimum atomic E-state index is 1.07. The van der Waals surface area contributed by atoms with Gasteiger partial charge in [-0.2, -0.15) is 0 Å². The van der Waals surface area contributed by atoms with Crippen molar-refractivity contribution in [1.29, 1.82) is 0 Å². The first kappa shape index (κ1) is 22.7. The Balaban J connectivity index is 4.73. The lowest BCUT2D eigenvalue weighted by Crippen LogP contribution is -1.85. The molecule has 0 aliphatic heterocycles. The molecule has 0 heterocycles. The quantitative estimate of drug-likeness (QED) is 0.130. The Hall–Kier alpha value is -1.26. The molecule has 0 unspecified atom stereocenters. The van der Waals surface area contributed by atoms with E-state index in [1.807, 2.05) is 0 Å². The first-order valence-corrected chi connectivity index (χ1v) is 10.1. The fourth-order valence-corrected chi connectivity index (χ4v) is 2.71. The highest BCUT2D eigenvalue weighted by Crippen LogP contribution is 2.16. The van der Waals surface area contributed by atoms with Crippen LogP contribution in [0.5, 0.6) is 0 Å². The van der Waals surface area contributed by atoms with E-state index in [-0.39, 0.29) is 0 Å². The van der Waals surface area contributed by atoms with Crippen molar-refractivity contribution in [3.8, 4) is 0 Å². The van der Waals surface area contributed by atoms with Gasteiger partial charge < -0.3 is 0 Å². The Labute approximate surface area is 152 Å². The van der Waals surface area contributed by atoms with E-state index >= 15 is 0 Å². The van der Waals surface area contributed by atoms with Crippen molar-refractivity contribution in [3.63, 3.8) is 0 Å².